The third-order valence-corrected chi connectivity index (χ3v) is 8.38. The van der Waals surface area contributed by atoms with E-state index in [0.717, 1.165) is 18.0 Å². The smallest absolute Gasteiger partial charge is 0.187 e. The second kappa shape index (κ2) is 7.34. The predicted octanol–water partition coefficient (Wildman–Crippen LogP) is 3.72. The van der Waals surface area contributed by atoms with E-state index >= 15 is 0 Å². The fraction of sp³-hybridized carbons (Fsp3) is 0.700. The topological polar surface area (TPSA) is 46.2 Å². The lowest BCUT2D eigenvalue weighted by molar-refractivity contribution is -0.355. The van der Waals surface area contributed by atoms with Crippen LogP contribution in [0.2, 0.25) is 19.1 Å². The summed E-state index contributed by atoms with van der Waals surface area (Å²) in [6.45, 7) is 7.38. The van der Waals surface area contributed by atoms with Crippen molar-refractivity contribution in [3.63, 3.8) is 0 Å². The summed E-state index contributed by atoms with van der Waals surface area (Å²) in [5, 5.41) is 0. The lowest BCUT2D eigenvalue weighted by atomic mass is 9.80. The SMILES string of the molecule is CC[C@@H]1C[Si](C)(C)O[C@@H]2[C@@H]3O[C@H](c4ccccc4)OC[C@H]3O[C@H](OC)[C@H]12. The van der Waals surface area contributed by atoms with Crippen LogP contribution in [0.4, 0.5) is 0 Å². The highest BCUT2D eigenvalue weighted by Gasteiger charge is 2.57. The average Bonchev–Trinajstić information content (AvgIpc) is 2.66. The summed E-state index contributed by atoms with van der Waals surface area (Å²) in [4.78, 5) is 0. The molecule has 4 rings (SSSR count). The molecular formula is C20H30O5Si. The number of hydrogen-bond donors (Lipinski definition) is 0. The zero-order valence-corrected chi connectivity index (χ0v) is 17.1. The van der Waals surface area contributed by atoms with Crippen LogP contribution < -0.4 is 0 Å². The minimum Gasteiger partial charge on any atom is -0.411 e. The van der Waals surface area contributed by atoms with Gasteiger partial charge in [0, 0.05) is 18.6 Å². The van der Waals surface area contributed by atoms with Crippen LogP contribution in [0.1, 0.15) is 25.2 Å². The van der Waals surface area contributed by atoms with Crippen molar-refractivity contribution >= 4 is 8.32 Å². The third-order valence-electron chi connectivity index (χ3n) is 5.97. The van der Waals surface area contributed by atoms with Crippen molar-refractivity contribution in [3.8, 4) is 0 Å². The van der Waals surface area contributed by atoms with E-state index in [2.05, 4.69) is 20.0 Å². The van der Waals surface area contributed by atoms with E-state index in [1.165, 1.54) is 0 Å². The first-order chi connectivity index (χ1) is 12.5. The van der Waals surface area contributed by atoms with Gasteiger partial charge in [0.2, 0.25) is 0 Å². The quantitative estimate of drug-likeness (QED) is 0.750. The first kappa shape index (κ1) is 18.6. The second-order valence-electron chi connectivity index (χ2n) is 8.25. The molecule has 3 aliphatic heterocycles. The minimum atomic E-state index is -1.73. The van der Waals surface area contributed by atoms with Gasteiger partial charge in [-0.25, -0.2) is 0 Å². The second-order valence-corrected chi connectivity index (χ2v) is 12.4. The number of rotatable bonds is 3. The highest BCUT2D eigenvalue weighted by molar-refractivity contribution is 6.71. The zero-order valence-electron chi connectivity index (χ0n) is 16.1. The molecule has 0 radical (unpaired) electrons. The number of ether oxygens (including phenoxy) is 4. The van der Waals surface area contributed by atoms with Crippen molar-refractivity contribution in [2.45, 2.75) is 63.4 Å². The summed E-state index contributed by atoms with van der Waals surface area (Å²) >= 11 is 0. The summed E-state index contributed by atoms with van der Waals surface area (Å²) in [5.41, 5.74) is 1.04. The van der Waals surface area contributed by atoms with E-state index in [0.29, 0.717) is 12.5 Å². The molecule has 5 nitrogen and oxygen atoms in total. The maximum Gasteiger partial charge on any atom is 0.187 e. The standard InChI is InChI=1S/C20H30O5Si/c1-5-13-12-26(3,4)25-18-16(13)20(21-2)23-15-11-22-19(24-17(15)18)14-9-7-6-8-10-14/h6-10,13,15-20H,5,11-12H2,1-4H3/t13-,15-,16-,17-,18+,19-,20+/m1/s1. The lowest BCUT2D eigenvalue weighted by Gasteiger charge is -2.56. The van der Waals surface area contributed by atoms with Crippen molar-refractivity contribution in [3.05, 3.63) is 35.9 Å². The Morgan fingerprint density at radius 1 is 1.12 bits per heavy atom. The van der Waals surface area contributed by atoms with E-state index in [9.17, 15) is 0 Å². The first-order valence-corrected chi connectivity index (χ1v) is 12.8. The number of fused-ring (bicyclic) bond motifs is 3. The molecule has 144 valence electrons. The van der Waals surface area contributed by atoms with E-state index in [1.807, 2.05) is 30.3 Å². The highest BCUT2D eigenvalue weighted by Crippen LogP contribution is 2.47. The van der Waals surface area contributed by atoms with Gasteiger partial charge in [-0.2, -0.15) is 0 Å². The molecule has 0 amide bonds. The van der Waals surface area contributed by atoms with E-state index < -0.39 is 8.32 Å². The van der Waals surface area contributed by atoms with Gasteiger partial charge >= 0.3 is 0 Å². The predicted molar refractivity (Wildman–Crippen MR) is 100 cm³/mol. The van der Waals surface area contributed by atoms with Crippen LogP contribution in [0.15, 0.2) is 30.3 Å². The molecule has 0 bridgehead atoms. The molecule has 3 heterocycles. The molecule has 26 heavy (non-hydrogen) atoms. The van der Waals surface area contributed by atoms with Gasteiger partial charge in [0.15, 0.2) is 20.9 Å². The van der Waals surface area contributed by atoms with Gasteiger partial charge in [-0.15, -0.1) is 0 Å². The Kier molecular flexibility index (Phi) is 5.25. The van der Waals surface area contributed by atoms with E-state index in [-0.39, 0.29) is 36.8 Å². The third kappa shape index (κ3) is 3.39. The monoisotopic (exact) mass is 378 g/mol. The number of benzene rings is 1. The van der Waals surface area contributed by atoms with Crippen molar-refractivity contribution in [2.75, 3.05) is 13.7 Å². The maximum atomic E-state index is 6.69. The summed E-state index contributed by atoms with van der Waals surface area (Å²) in [6, 6.07) is 11.2. The molecule has 3 fully saturated rings. The summed E-state index contributed by atoms with van der Waals surface area (Å²) in [5.74, 6) is 0.754. The molecule has 0 spiro atoms. The molecule has 3 aliphatic rings. The van der Waals surface area contributed by atoms with Crippen LogP contribution in [0, 0.1) is 11.8 Å². The molecule has 0 N–H and O–H groups in total. The number of hydrogen-bond acceptors (Lipinski definition) is 5. The van der Waals surface area contributed by atoms with Crippen molar-refractivity contribution < 1.29 is 23.4 Å². The Morgan fingerprint density at radius 2 is 1.88 bits per heavy atom. The van der Waals surface area contributed by atoms with Crippen LogP contribution in [0.25, 0.3) is 0 Å². The minimum absolute atomic E-state index is 0.00850. The molecule has 1 aromatic rings. The molecule has 6 heteroatoms. The number of methoxy groups -OCH3 is 1. The molecule has 1 aromatic carbocycles. The van der Waals surface area contributed by atoms with Gasteiger partial charge in [-0.05, 0) is 25.1 Å². The van der Waals surface area contributed by atoms with Crippen molar-refractivity contribution in [1.29, 1.82) is 0 Å². The normalized spacial score (nSPS) is 41.9. The van der Waals surface area contributed by atoms with Gasteiger partial charge in [-0.3, -0.25) is 0 Å². The van der Waals surface area contributed by atoms with Crippen LogP contribution in [0.5, 0.6) is 0 Å². The van der Waals surface area contributed by atoms with Gasteiger partial charge in [-0.1, -0.05) is 43.7 Å². The maximum absolute atomic E-state index is 6.69. The largest absolute Gasteiger partial charge is 0.411 e. The summed E-state index contributed by atoms with van der Waals surface area (Å²) in [7, 11) is -0.00921. The Hall–Kier alpha value is -0.763. The summed E-state index contributed by atoms with van der Waals surface area (Å²) < 4.78 is 31.1. The fourth-order valence-corrected chi connectivity index (χ4v) is 7.77. The van der Waals surface area contributed by atoms with Crippen LogP contribution in [-0.2, 0) is 23.4 Å². The Bertz CT molecular complexity index is 609. The van der Waals surface area contributed by atoms with Gasteiger partial charge in [0.1, 0.15) is 12.2 Å². The van der Waals surface area contributed by atoms with Crippen molar-refractivity contribution in [2.24, 2.45) is 11.8 Å². The zero-order chi connectivity index (χ0) is 18.3. The molecule has 7 atom stereocenters. The molecule has 3 saturated heterocycles. The fourth-order valence-electron chi connectivity index (χ4n) is 4.82. The first-order valence-electron chi connectivity index (χ1n) is 9.70. The van der Waals surface area contributed by atoms with Gasteiger partial charge in [0.25, 0.3) is 0 Å². The molecular weight excluding hydrogens is 348 g/mol. The van der Waals surface area contributed by atoms with Crippen molar-refractivity contribution in [1.82, 2.24) is 0 Å². The van der Waals surface area contributed by atoms with Gasteiger partial charge in [0.05, 0.1) is 12.7 Å². The molecule has 0 aliphatic carbocycles. The van der Waals surface area contributed by atoms with Crippen LogP contribution in [-0.4, -0.2) is 46.6 Å². The van der Waals surface area contributed by atoms with E-state index in [1.54, 1.807) is 7.11 Å². The summed E-state index contributed by atoms with van der Waals surface area (Å²) in [6.07, 6.45) is 0.232. The van der Waals surface area contributed by atoms with Crippen LogP contribution in [0.3, 0.4) is 0 Å². The van der Waals surface area contributed by atoms with Gasteiger partial charge < -0.3 is 23.4 Å². The Labute approximate surface area is 157 Å². The lowest BCUT2D eigenvalue weighted by Crippen LogP contribution is -2.66. The Morgan fingerprint density at radius 3 is 2.58 bits per heavy atom. The molecule has 0 unspecified atom stereocenters. The van der Waals surface area contributed by atoms with Crippen LogP contribution >= 0.6 is 0 Å². The highest BCUT2D eigenvalue weighted by atomic mass is 28.4. The Balaban J connectivity index is 1.62. The average molecular weight is 379 g/mol. The van der Waals surface area contributed by atoms with E-state index in [4.69, 9.17) is 23.4 Å². The molecule has 0 aromatic heterocycles. The molecule has 0 saturated carbocycles.